The number of hydrogen-bond donors (Lipinski definition) is 3. The topological polar surface area (TPSA) is 103 Å². The molecule has 0 saturated heterocycles. The van der Waals surface area contributed by atoms with E-state index in [1.165, 1.54) is 24.4 Å². The number of nitriles is 1. The summed E-state index contributed by atoms with van der Waals surface area (Å²) in [5.74, 6) is 1.83. The van der Waals surface area contributed by atoms with Crippen molar-refractivity contribution >= 4 is 11.8 Å². The average molecular weight is 473 g/mol. The van der Waals surface area contributed by atoms with Crippen molar-refractivity contribution in [3.05, 3.63) is 41.6 Å². The summed E-state index contributed by atoms with van der Waals surface area (Å²) in [7, 11) is 0. The Morgan fingerprint density at radius 3 is 2.59 bits per heavy atom. The maximum atomic E-state index is 12.7. The van der Waals surface area contributed by atoms with E-state index in [1.807, 2.05) is 0 Å². The van der Waals surface area contributed by atoms with Gasteiger partial charge in [-0.15, -0.1) is 13.2 Å². The minimum atomic E-state index is -4.79. The van der Waals surface area contributed by atoms with E-state index in [4.69, 9.17) is 0 Å². The molecule has 1 aromatic heterocycles. The van der Waals surface area contributed by atoms with Gasteiger partial charge in [-0.3, -0.25) is 0 Å². The molecule has 6 rings (SSSR count). The highest BCUT2D eigenvalue weighted by atomic mass is 19.4. The number of benzene rings is 1. The first-order valence-corrected chi connectivity index (χ1v) is 11.5. The van der Waals surface area contributed by atoms with Crippen LogP contribution in [-0.4, -0.2) is 34.1 Å². The molecule has 4 fully saturated rings. The number of halogens is 3. The van der Waals surface area contributed by atoms with Crippen LogP contribution in [0.15, 0.2) is 30.5 Å². The van der Waals surface area contributed by atoms with Crippen LogP contribution in [0.25, 0.3) is 0 Å². The van der Waals surface area contributed by atoms with E-state index < -0.39 is 6.36 Å². The Kier molecular flexibility index (Phi) is 5.76. The summed E-state index contributed by atoms with van der Waals surface area (Å²) in [6.07, 6.45) is 1.92. The molecule has 1 heterocycles. The minimum Gasteiger partial charge on any atom is -0.405 e. The van der Waals surface area contributed by atoms with Gasteiger partial charge in [-0.05, 0) is 61.3 Å². The van der Waals surface area contributed by atoms with E-state index in [1.54, 1.807) is 6.07 Å². The number of nitrogens with one attached hydrogen (secondary N) is 2. The first-order chi connectivity index (χ1) is 16.3. The van der Waals surface area contributed by atoms with Crippen LogP contribution in [0.5, 0.6) is 5.75 Å². The van der Waals surface area contributed by atoms with Crippen molar-refractivity contribution in [2.45, 2.75) is 51.1 Å². The zero-order valence-electron chi connectivity index (χ0n) is 18.5. The van der Waals surface area contributed by atoms with E-state index in [2.05, 4.69) is 31.4 Å². The van der Waals surface area contributed by atoms with Crippen LogP contribution in [0.2, 0.25) is 0 Å². The number of anilines is 2. The van der Waals surface area contributed by atoms with Gasteiger partial charge in [-0.25, -0.2) is 4.98 Å². The Morgan fingerprint density at radius 2 is 1.91 bits per heavy atom. The molecule has 4 saturated carbocycles. The summed E-state index contributed by atoms with van der Waals surface area (Å²) in [4.78, 5) is 8.64. The van der Waals surface area contributed by atoms with E-state index in [-0.39, 0.29) is 36.3 Å². The standard InChI is InChI=1S/C24H26F3N5O2/c25-24(26,27)34-19-4-2-1-3-15(19)11-29-22-30-12-18(10-28)21(32-22)31-20-16-5-14-6-17(20)9-23(7-14,8-16)13-33/h1-4,12,14,16-17,20,33H,5-9,11,13H2,(H2,29,30,31,32)/t14?,16-,17+,20?,23-. The van der Waals surface area contributed by atoms with Crippen LogP contribution in [0.1, 0.15) is 43.2 Å². The lowest BCUT2D eigenvalue weighted by Crippen LogP contribution is -2.57. The predicted molar refractivity (Wildman–Crippen MR) is 118 cm³/mol. The first kappa shape index (κ1) is 22.7. The predicted octanol–water partition coefficient (Wildman–Crippen LogP) is 4.46. The Balaban J connectivity index is 1.31. The Bertz CT molecular complexity index is 1090. The Labute approximate surface area is 195 Å². The molecule has 2 aromatic rings. The zero-order valence-corrected chi connectivity index (χ0v) is 18.5. The van der Waals surface area contributed by atoms with Crippen LogP contribution in [0.3, 0.4) is 0 Å². The van der Waals surface area contributed by atoms with Crippen molar-refractivity contribution < 1.29 is 23.0 Å². The van der Waals surface area contributed by atoms with E-state index in [0.29, 0.717) is 34.7 Å². The van der Waals surface area contributed by atoms with Crippen molar-refractivity contribution in [3.8, 4) is 11.8 Å². The molecule has 5 atom stereocenters. The third kappa shape index (κ3) is 4.49. The summed E-state index contributed by atoms with van der Waals surface area (Å²) in [5.41, 5.74) is 0.659. The van der Waals surface area contributed by atoms with Crippen LogP contribution in [0, 0.1) is 34.5 Å². The molecule has 7 nitrogen and oxygen atoms in total. The molecule has 180 valence electrons. The quantitative estimate of drug-likeness (QED) is 0.546. The molecule has 0 aliphatic heterocycles. The number of aliphatic hydroxyl groups excluding tert-OH is 1. The first-order valence-electron chi connectivity index (χ1n) is 11.5. The maximum absolute atomic E-state index is 12.7. The number of nitrogens with zero attached hydrogens (tertiary/aromatic N) is 3. The number of aliphatic hydroxyl groups is 1. The summed E-state index contributed by atoms with van der Waals surface area (Å²) < 4.78 is 42.2. The SMILES string of the molecule is N#Cc1cnc(NCc2ccccc2OC(F)(F)F)nc1NC1[C@@H]2CC3C[C@H]1C[C@@](CO)(C3)C2. The monoisotopic (exact) mass is 473 g/mol. The lowest BCUT2D eigenvalue weighted by Gasteiger charge is -2.59. The summed E-state index contributed by atoms with van der Waals surface area (Å²) in [5, 5.41) is 26.0. The number of para-hydroxylation sites is 1. The van der Waals surface area contributed by atoms with Crippen molar-refractivity contribution in [1.82, 2.24) is 9.97 Å². The highest BCUT2D eigenvalue weighted by Gasteiger charge is 2.55. The van der Waals surface area contributed by atoms with Gasteiger partial charge < -0.3 is 20.5 Å². The molecular weight excluding hydrogens is 447 g/mol. The molecule has 3 N–H and O–H groups in total. The van der Waals surface area contributed by atoms with Crippen molar-refractivity contribution in [1.29, 1.82) is 5.26 Å². The zero-order chi connectivity index (χ0) is 23.9. The molecule has 4 aliphatic carbocycles. The average Bonchev–Trinajstić information content (AvgIpc) is 2.79. The van der Waals surface area contributed by atoms with Crippen molar-refractivity contribution in [2.75, 3.05) is 17.2 Å². The van der Waals surface area contributed by atoms with Crippen LogP contribution in [-0.2, 0) is 6.54 Å². The molecule has 4 bridgehead atoms. The highest BCUT2D eigenvalue weighted by molar-refractivity contribution is 5.54. The van der Waals surface area contributed by atoms with Gasteiger partial charge in [0.25, 0.3) is 0 Å². The number of alkyl halides is 3. The molecule has 0 amide bonds. The number of ether oxygens (including phenoxy) is 1. The van der Waals surface area contributed by atoms with E-state index in [9.17, 15) is 23.5 Å². The van der Waals surface area contributed by atoms with Gasteiger partial charge in [0.05, 0.1) is 6.20 Å². The Hall–Kier alpha value is -3.06. The molecule has 10 heteroatoms. The third-order valence-corrected chi connectivity index (χ3v) is 7.58. The van der Waals surface area contributed by atoms with E-state index >= 15 is 0 Å². The van der Waals surface area contributed by atoms with Gasteiger partial charge in [-0.2, -0.15) is 10.2 Å². The molecule has 1 aromatic carbocycles. The van der Waals surface area contributed by atoms with Gasteiger partial charge >= 0.3 is 6.36 Å². The smallest absolute Gasteiger partial charge is 0.405 e. The molecule has 4 aliphatic rings. The largest absolute Gasteiger partial charge is 0.573 e. The van der Waals surface area contributed by atoms with Gasteiger partial charge in [0.2, 0.25) is 5.95 Å². The third-order valence-electron chi connectivity index (χ3n) is 7.58. The second-order valence-corrected chi connectivity index (χ2v) is 9.87. The lowest BCUT2D eigenvalue weighted by molar-refractivity contribution is -0.274. The van der Waals surface area contributed by atoms with Crippen LogP contribution in [0.4, 0.5) is 24.9 Å². The van der Waals surface area contributed by atoms with Crippen molar-refractivity contribution in [3.63, 3.8) is 0 Å². The van der Waals surface area contributed by atoms with Crippen LogP contribution < -0.4 is 15.4 Å². The number of rotatable bonds is 7. The maximum Gasteiger partial charge on any atom is 0.573 e. The summed E-state index contributed by atoms with van der Waals surface area (Å²) in [6.45, 7) is 0.251. The number of aromatic nitrogens is 2. The molecule has 2 unspecified atom stereocenters. The molecule has 0 radical (unpaired) electrons. The minimum absolute atomic E-state index is 0.0208. The molecule has 0 spiro atoms. The van der Waals surface area contributed by atoms with Gasteiger partial charge in [0, 0.05) is 24.8 Å². The van der Waals surface area contributed by atoms with Gasteiger partial charge in [-0.1, -0.05) is 18.2 Å². The van der Waals surface area contributed by atoms with Gasteiger partial charge in [0.15, 0.2) is 0 Å². The lowest BCUT2D eigenvalue weighted by atomic mass is 9.48. The second kappa shape index (κ2) is 8.62. The number of hydrogen-bond acceptors (Lipinski definition) is 7. The summed E-state index contributed by atoms with van der Waals surface area (Å²) >= 11 is 0. The normalized spacial score (nSPS) is 29.5. The fourth-order valence-electron chi connectivity index (χ4n) is 6.49. The fraction of sp³-hybridized carbons (Fsp3) is 0.542. The molecule has 34 heavy (non-hydrogen) atoms. The fourth-order valence-corrected chi connectivity index (χ4v) is 6.49. The molecular formula is C24H26F3N5O2. The van der Waals surface area contributed by atoms with Gasteiger partial charge in [0.1, 0.15) is 23.2 Å². The highest BCUT2D eigenvalue weighted by Crippen LogP contribution is 2.60. The van der Waals surface area contributed by atoms with E-state index in [0.717, 1.165) is 32.1 Å². The summed E-state index contributed by atoms with van der Waals surface area (Å²) in [6, 6.07) is 8.17. The van der Waals surface area contributed by atoms with Crippen molar-refractivity contribution in [2.24, 2.45) is 23.2 Å². The van der Waals surface area contributed by atoms with Crippen LogP contribution >= 0.6 is 0 Å². The second-order valence-electron chi connectivity index (χ2n) is 9.87. The Morgan fingerprint density at radius 1 is 1.18 bits per heavy atom.